The summed E-state index contributed by atoms with van der Waals surface area (Å²) in [5.41, 5.74) is 1.25. The predicted molar refractivity (Wildman–Crippen MR) is 59.1 cm³/mol. The van der Waals surface area contributed by atoms with Crippen LogP contribution in [0.2, 0.25) is 0 Å². The number of hydrogen-bond acceptors (Lipinski definition) is 3. The van der Waals surface area contributed by atoms with Crippen LogP contribution in [0, 0.1) is 6.92 Å². The maximum absolute atomic E-state index is 11.6. The van der Waals surface area contributed by atoms with Gasteiger partial charge in [-0.15, -0.1) is 0 Å². The molecule has 1 aromatic rings. The fourth-order valence-electron chi connectivity index (χ4n) is 1.23. The van der Waals surface area contributed by atoms with Crippen LogP contribution in [0.1, 0.15) is 15.9 Å². The van der Waals surface area contributed by atoms with Crippen molar-refractivity contribution in [3.8, 4) is 5.75 Å². The molecule has 0 aliphatic carbocycles. The van der Waals surface area contributed by atoms with E-state index in [9.17, 15) is 9.90 Å². The van der Waals surface area contributed by atoms with E-state index < -0.39 is 0 Å². The minimum absolute atomic E-state index is 0.0250. The second-order valence-corrected chi connectivity index (χ2v) is 3.38. The van der Waals surface area contributed by atoms with Gasteiger partial charge in [-0.3, -0.25) is 4.79 Å². The Kier molecular flexibility index (Phi) is 4.12. The van der Waals surface area contributed by atoms with Gasteiger partial charge in [-0.05, 0) is 31.7 Å². The third kappa shape index (κ3) is 3.25. The van der Waals surface area contributed by atoms with Gasteiger partial charge in [-0.1, -0.05) is 6.07 Å². The van der Waals surface area contributed by atoms with Crippen LogP contribution >= 0.6 is 0 Å². The van der Waals surface area contributed by atoms with Crippen molar-refractivity contribution in [2.24, 2.45) is 0 Å². The smallest absolute Gasteiger partial charge is 0.255 e. The Morgan fingerprint density at radius 2 is 2.13 bits per heavy atom. The molecule has 1 aromatic carbocycles. The van der Waals surface area contributed by atoms with E-state index in [2.05, 4.69) is 10.6 Å². The monoisotopic (exact) mass is 208 g/mol. The SMILES string of the molecule is CNCCNC(=O)c1ccc(C)cc1O. The third-order valence-electron chi connectivity index (χ3n) is 2.06. The molecule has 4 heteroatoms. The van der Waals surface area contributed by atoms with Gasteiger partial charge in [0.2, 0.25) is 0 Å². The van der Waals surface area contributed by atoms with Gasteiger partial charge in [-0.25, -0.2) is 0 Å². The van der Waals surface area contributed by atoms with E-state index in [0.717, 1.165) is 5.56 Å². The highest BCUT2D eigenvalue weighted by atomic mass is 16.3. The summed E-state index contributed by atoms with van der Waals surface area (Å²) < 4.78 is 0. The molecule has 82 valence electrons. The van der Waals surface area contributed by atoms with E-state index in [1.165, 1.54) is 0 Å². The largest absolute Gasteiger partial charge is 0.507 e. The van der Waals surface area contributed by atoms with Gasteiger partial charge >= 0.3 is 0 Å². The molecule has 1 amide bonds. The van der Waals surface area contributed by atoms with E-state index in [4.69, 9.17) is 0 Å². The number of carbonyl (C=O) groups excluding carboxylic acids is 1. The lowest BCUT2D eigenvalue weighted by Gasteiger charge is -2.06. The van der Waals surface area contributed by atoms with Crippen LogP contribution in [0.5, 0.6) is 5.75 Å². The van der Waals surface area contributed by atoms with Gasteiger partial charge in [0.15, 0.2) is 0 Å². The molecule has 0 radical (unpaired) electrons. The average Bonchev–Trinajstić information content (AvgIpc) is 2.17. The van der Waals surface area contributed by atoms with Gasteiger partial charge in [0.25, 0.3) is 5.91 Å². The molecule has 0 aliphatic heterocycles. The molecular weight excluding hydrogens is 192 g/mol. The Morgan fingerprint density at radius 1 is 1.40 bits per heavy atom. The van der Waals surface area contributed by atoms with Crippen LogP contribution in [0.4, 0.5) is 0 Å². The Hall–Kier alpha value is -1.55. The number of hydrogen-bond donors (Lipinski definition) is 3. The first-order valence-electron chi connectivity index (χ1n) is 4.87. The lowest BCUT2D eigenvalue weighted by molar-refractivity contribution is 0.0951. The maximum Gasteiger partial charge on any atom is 0.255 e. The van der Waals surface area contributed by atoms with Crippen LogP contribution < -0.4 is 10.6 Å². The minimum Gasteiger partial charge on any atom is -0.507 e. The fraction of sp³-hybridized carbons (Fsp3) is 0.364. The number of likely N-dealkylation sites (N-methyl/N-ethyl adjacent to an activating group) is 1. The number of aryl methyl sites for hydroxylation is 1. The Bertz CT molecular complexity index is 350. The predicted octanol–water partition coefficient (Wildman–Crippen LogP) is 0.650. The van der Waals surface area contributed by atoms with Crippen LogP contribution in [-0.4, -0.2) is 31.2 Å². The molecule has 0 spiro atoms. The summed E-state index contributed by atoms with van der Waals surface area (Å²) in [7, 11) is 1.81. The second kappa shape index (κ2) is 5.36. The summed E-state index contributed by atoms with van der Waals surface area (Å²) in [6.45, 7) is 3.11. The van der Waals surface area contributed by atoms with Gasteiger partial charge in [-0.2, -0.15) is 0 Å². The lowest BCUT2D eigenvalue weighted by atomic mass is 10.1. The van der Waals surface area contributed by atoms with E-state index >= 15 is 0 Å². The highest BCUT2D eigenvalue weighted by Gasteiger charge is 2.09. The van der Waals surface area contributed by atoms with Crippen molar-refractivity contribution in [1.29, 1.82) is 0 Å². The van der Waals surface area contributed by atoms with Crippen molar-refractivity contribution in [1.82, 2.24) is 10.6 Å². The summed E-state index contributed by atoms with van der Waals surface area (Å²) in [6, 6.07) is 5.00. The van der Waals surface area contributed by atoms with Crippen molar-refractivity contribution in [3.63, 3.8) is 0 Å². The van der Waals surface area contributed by atoms with E-state index in [1.54, 1.807) is 18.2 Å². The Morgan fingerprint density at radius 3 is 2.73 bits per heavy atom. The van der Waals surface area contributed by atoms with Crippen LogP contribution in [0.15, 0.2) is 18.2 Å². The first-order chi connectivity index (χ1) is 7.15. The normalized spacial score (nSPS) is 10.0. The molecule has 4 nitrogen and oxygen atoms in total. The molecule has 0 atom stereocenters. The molecule has 15 heavy (non-hydrogen) atoms. The molecule has 0 saturated heterocycles. The van der Waals surface area contributed by atoms with E-state index in [0.29, 0.717) is 18.7 Å². The van der Waals surface area contributed by atoms with Crippen LogP contribution in [-0.2, 0) is 0 Å². The number of phenolic OH excluding ortho intramolecular Hbond substituents is 1. The topological polar surface area (TPSA) is 61.4 Å². The molecule has 0 heterocycles. The maximum atomic E-state index is 11.6. The minimum atomic E-state index is -0.247. The molecule has 0 aromatic heterocycles. The Labute approximate surface area is 89.3 Å². The summed E-state index contributed by atoms with van der Waals surface area (Å²) >= 11 is 0. The second-order valence-electron chi connectivity index (χ2n) is 3.38. The van der Waals surface area contributed by atoms with Crippen molar-refractivity contribution >= 4 is 5.91 Å². The molecule has 1 rings (SSSR count). The van der Waals surface area contributed by atoms with Gasteiger partial charge in [0.1, 0.15) is 5.75 Å². The first kappa shape index (κ1) is 11.5. The molecule has 0 unspecified atom stereocenters. The molecule has 3 N–H and O–H groups in total. The van der Waals surface area contributed by atoms with Crippen molar-refractivity contribution in [3.05, 3.63) is 29.3 Å². The standard InChI is InChI=1S/C11H16N2O2/c1-8-3-4-9(10(14)7-8)11(15)13-6-5-12-2/h3-4,7,12,14H,5-6H2,1-2H3,(H,13,15). The average molecular weight is 208 g/mol. The van der Waals surface area contributed by atoms with Gasteiger partial charge in [0, 0.05) is 13.1 Å². The number of amides is 1. The zero-order valence-electron chi connectivity index (χ0n) is 9.00. The zero-order valence-corrected chi connectivity index (χ0v) is 9.00. The summed E-state index contributed by atoms with van der Waals surface area (Å²) in [6.07, 6.45) is 0. The summed E-state index contributed by atoms with van der Waals surface area (Å²) in [5.74, 6) is -0.222. The highest BCUT2D eigenvalue weighted by molar-refractivity contribution is 5.96. The fourth-order valence-corrected chi connectivity index (χ4v) is 1.23. The molecule has 0 bridgehead atoms. The number of nitrogens with one attached hydrogen (secondary N) is 2. The van der Waals surface area contributed by atoms with Gasteiger partial charge in [0.05, 0.1) is 5.56 Å². The molecule has 0 aliphatic rings. The number of aromatic hydroxyl groups is 1. The summed E-state index contributed by atoms with van der Waals surface area (Å²) in [4.78, 5) is 11.6. The molecule has 0 saturated carbocycles. The lowest BCUT2D eigenvalue weighted by Crippen LogP contribution is -2.30. The zero-order chi connectivity index (χ0) is 11.3. The molecule has 0 fully saturated rings. The van der Waals surface area contributed by atoms with Crippen molar-refractivity contribution in [2.75, 3.05) is 20.1 Å². The van der Waals surface area contributed by atoms with E-state index in [-0.39, 0.29) is 11.7 Å². The quantitative estimate of drug-likeness (QED) is 0.637. The number of phenols is 1. The van der Waals surface area contributed by atoms with Gasteiger partial charge < -0.3 is 15.7 Å². The number of rotatable bonds is 4. The number of carbonyl (C=O) groups is 1. The molecular formula is C11H16N2O2. The first-order valence-corrected chi connectivity index (χ1v) is 4.87. The number of benzene rings is 1. The van der Waals surface area contributed by atoms with Crippen LogP contribution in [0.3, 0.4) is 0 Å². The van der Waals surface area contributed by atoms with E-state index in [1.807, 2.05) is 14.0 Å². The third-order valence-corrected chi connectivity index (χ3v) is 2.06. The van der Waals surface area contributed by atoms with Crippen molar-refractivity contribution < 1.29 is 9.90 Å². The summed E-state index contributed by atoms with van der Waals surface area (Å²) in [5, 5.41) is 15.2. The Balaban J connectivity index is 2.65. The van der Waals surface area contributed by atoms with Crippen LogP contribution in [0.25, 0.3) is 0 Å². The highest BCUT2D eigenvalue weighted by Crippen LogP contribution is 2.17. The van der Waals surface area contributed by atoms with Crippen molar-refractivity contribution in [2.45, 2.75) is 6.92 Å².